The Labute approximate surface area is 103 Å². The first-order valence-corrected chi connectivity index (χ1v) is 6.79. The maximum Gasteiger partial charge on any atom is 0.329 e. The van der Waals surface area contributed by atoms with Crippen molar-refractivity contribution in [2.24, 2.45) is 0 Å². The third-order valence-corrected chi connectivity index (χ3v) is 3.60. The average Bonchev–Trinajstić information content (AvgIpc) is 2.25. The van der Waals surface area contributed by atoms with E-state index in [1.807, 2.05) is 13.2 Å². The molecule has 1 heterocycles. The number of hydrogen-bond donors (Lipinski definition) is 1. The highest BCUT2D eigenvalue weighted by molar-refractivity contribution is 7.98. The summed E-state index contributed by atoms with van der Waals surface area (Å²) in [5.41, 5.74) is -0.336. The Morgan fingerprint density at radius 2 is 2.12 bits per heavy atom. The molecule has 1 atom stereocenters. The van der Waals surface area contributed by atoms with E-state index in [0.717, 1.165) is 12.2 Å². The summed E-state index contributed by atoms with van der Waals surface area (Å²) >= 11 is 7.35. The third-order valence-electron chi connectivity index (χ3n) is 2.50. The lowest BCUT2D eigenvalue weighted by molar-refractivity contribution is 0.495. The van der Waals surface area contributed by atoms with E-state index in [9.17, 15) is 9.59 Å². The molecule has 0 bridgehead atoms. The van der Waals surface area contributed by atoms with Crippen molar-refractivity contribution in [2.45, 2.75) is 26.3 Å². The maximum absolute atomic E-state index is 11.9. The molecule has 1 rings (SSSR count). The van der Waals surface area contributed by atoms with Crippen molar-refractivity contribution in [3.63, 3.8) is 0 Å². The zero-order chi connectivity index (χ0) is 12.3. The van der Waals surface area contributed by atoms with Gasteiger partial charge in [-0.25, -0.2) is 4.79 Å². The normalized spacial score (nSPS) is 12.8. The summed E-state index contributed by atoms with van der Waals surface area (Å²) in [5, 5.41) is 0.130. The van der Waals surface area contributed by atoms with E-state index in [4.69, 9.17) is 11.6 Å². The van der Waals surface area contributed by atoms with Crippen LogP contribution in [-0.2, 0) is 0 Å². The molecular formula is C10H15ClN2O2S. The molecule has 1 aromatic rings. The topological polar surface area (TPSA) is 54.9 Å². The first-order valence-electron chi connectivity index (χ1n) is 5.02. The number of thioether (sulfide) groups is 1. The molecule has 1 aromatic heterocycles. The molecule has 0 aromatic carbocycles. The highest BCUT2D eigenvalue weighted by Gasteiger charge is 2.16. The molecule has 1 unspecified atom stereocenters. The first kappa shape index (κ1) is 13.4. The molecule has 0 spiro atoms. The van der Waals surface area contributed by atoms with Crippen molar-refractivity contribution in [1.29, 1.82) is 0 Å². The van der Waals surface area contributed by atoms with Gasteiger partial charge in [-0.3, -0.25) is 14.3 Å². The summed E-state index contributed by atoms with van der Waals surface area (Å²) in [6.45, 7) is 3.57. The van der Waals surface area contributed by atoms with Crippen molar-refractivity contribution < 1.29 is 0 Å². The highest BCUT2D eigenvalue weighted by Crippen LogP contribution is 2.13. The summed E-state index contributed by atoms with van der Waals surface area (Å²) in [5.74, 6) is 0.737. The first-order chi connectivity index (χ1) is 7.52. The molecule has 6 heteroatoms. The van der Waals surface area contributed by atoms with Crippen molar-refractivity contribution in [1.82, 2.24) is 9.55 Å². The van der Waals surface area contributed by atoms with Gasteiger partial charge in [0.2, 0.25) is 0 Å². The van der Waals surface area contributed by atoms with E-state index in [1.54, 1.807) is 18.7 Å². The molecule has 0 saturated carbocycles. The van der Waals surface area contributed by atoms with Gasteiger partial charge in [-0.1, -0.05) is 18.5 Å². The number of hydrogen-bond acceptors (Lipinski definition) is 3. The molecule has 0 aliphatic heterocycles. The molecular weight excluding hydrogens is 248 g/mol. The number of aromatic nitrogens is 2. The predicted octanol–water partition coefficient (Wildman–Crippen LogP) is 1.81. The van der Waals surface area contributed by atoms with Crippen molar-refractivity contribution in [2.75, 3.05) is 12.0 Å². The van der Waals surface area contributed by atoms with Crippen molar-refractivity contribution in [3.8, 4) is 0 Å². The summed E-state index contributed by atoms with van der Waals surface area (Å²) in [7, 11) is 0. The minimum atomic E-state index is -0.429. The van der Waals surface area contributed by atoms with E-state index in [-0.39, 0.29) is 16.8 Å². The number of H-pyrrole nitrogens is 1. The minimum Gasteiger partial charge on any atom is -0.297 e. The lowest BCUT2D eigenvalue weighted by atomic mass is 10.2. The molecule has 0 amide bonds. The lowest BCUT2D eigenvalue weighted by Crippen LogP contribution is -2.40. The van der Waals surface area contributed by atoms with Gasteiger partial charge < -0.3 is 0 Å². The SMILES string of the molecule is CCC(CSC)n1c(=O)[nH]c(Cl)c(C)c1=O. The van der Waals surface area contributed by atoms with Gasteiger partial charge >= 0.3 is 5.69 Å². The maximum atomic E-state index is 11.9. The third kappa shape index (κ3) is 2.52. The molecule has 1 N–H and O–H groups in total. The van der Waals surface area contributed by atoms with E-state index >= 15 is 0 Å². The largest absolute Gasteiger partial charge is 0.329 e. The number of nitrogens with one attached hydrogen (secondary N) is 1. The Bertz CT molecular complexity index is 481. The molecule has 16 heavy (non-hydrogen) atoms. The Balaban J connectivity index is 3.38. The molecule has 0 radical (unpaired) electrons. The van der Waals surface area contributed by atoms with Crippen LogP contribution >= 0.6 is 23.4 Å². The van der Waals surface area contributed by atoms with Gasteiger partial charge in [-0.05, 0) is 19.6 Å². The minimum absolute atomic E-state index is 0.0813. The zero-order valence-corrected chi connectivity index (χ0v) is 11.1. The van der Waals surface area contributed by atoms with E-state index < -0.39 is 5.69 Å². The molecule has 0 fully saturated rings. The van der Waals surface area contributed by atoms with Crippen LogP contribution in [0.25, 0.3) is 0 Å². The van der Waals surface area contributed by atoms with Crippen LogP contribution < -0.4 is 11.2 Å². The fourth-order valence-corrected chi connectivity index (χ4v) is 2.44. The quantitative estimate of drug-likeness (QED) is 0.842. The number of halogens is 1. The van der Waals surface area contributed by atoms with Gasteiger partial charge in [0.1, 0.15) is 5.15 Å². The van der Waals surface area contributed by atoms with E-state index in [0.29, 0.717) is 5.56 Å². The second-order valence-corrected chi connectivity index (χ2v) is 4.85. The average molecular weight is 263 g/mol. The Kier molecular flexibility index (Phi) is 4.68. The molecule has 4 nitrogen and oxygen atoms in total. The van der Waals surface area contributed by atoms with Crippen molar-refractivity contribution >= 4 is 23.4 Å². The van der Waals surface area contributed by atoms with E-state index in [1.165, 1.54) is 4.57 Å². The fourth-order valence-electron chi connectivity index (χ4n) is 1.51. The lowest BCUT2D eigenvalue weighted by Gasteiger charge is -2.16. The molecule has 0 aliphatic rings. The van der Waals surface area contributed by atoms with Crippen LogP contribution in [0.4, 0.5) is 0 Å². The molecule has 0 saturated heterocycles. The van der Waals surface area contributed by atoms with Gasteiger partial charge in [0.25, 0.3) is 5.56 Å². The van der Waals surface area contributed by atoms with Crippen LogP contribution in [0.3, 0.4) is 0 Å². The van der Waals surface area contributed by atoms with Gasteiger partial charge in [0.15, 0.2) is 0 Å². The monoisotopic (exact) mass is 262 g/mol. The Morgan fingerprint density at radius 3 is 2.62 bits per heavy atom. The zero-order valence-electron chi connectivity index (χ0n) is 9.54. The van der Waals surface area contributed by atoms with Crippen LogP contribution in [0.5, 0.6) is 0 Å². The smallest absolute Gasteiger partial charge is 0.297 e. The van der Waals surface area contributed by atoms with Crippen LogP contribution in [0.15, 0.2) is 9.59 Å². The second kappa shape index (κ2) is 5.59. The predicted molar refractivity (Wildman–Crippen MR) is 68.8 cm³/mol. The number of nitrogens with zero attached hydrogens (tertiary/aromatic N) is 1. The van der Waals surface area contributed by atoms with Gasteiger partial charge in [0.05, 0.1) is 6.04 Å². The van der Waals surface area contributed by atoms with Crippen LogP contribution in [0, 0.1) is 6.92 Å². The molecule has 90 valence electrons. The highest BCUT2D eigenvalue weighted by atomic mass is 35.5. The summed E-state index contributed by atoms with van der Waals surface area (Å²) in [4.78, 5) is 26.1. The molecule has 0 aliphatic carbocycles. The van der Waals surface area contributed by atoms with Crippen LogP contribution in [-0.4, -0.2) is 21.6 Å². The van der Waals surface area contributed by atoms with Gasteiger partial charge in [-0.2, -0.15) is 11.8 Å². The van der Waals surface area contributed by atoms with Crippen LogP contribution in [0.1, 0.15) is 24.9 Å². The number of rotatable bonds is 4. The van der Waals surface area contributed by atoms with Crippen molar-refractivity contribution in [3.05, 3.63) is 31.6 Å². The number of aromatic amines is 1. The van der Waals surface area contributed by atoms with E-state index in [2.05, 4.69) is 4.98 Å². The standard InChI is InChI=1S/C10H15ClN2O2S/c1-4-7(5-16-3)13-9(14)6(2)8(11)12-10(13)15/h7H,4-5H2,1-3H3,(H,12,15). The van der Waals surface area contributed by atoms with Gasteiger partial charge in [-0.15, -0.1) is 0 Å². The van der Waals surface area contributed by atoms with Crippen LogP contribution in [0.2, 0.25) is 5.15 Å². The van der Waals surface area contributed by atoms with Gasteiger partial charge in [0, 0.05) is 11.3 Å². The Hall–Kier alpha value is -0.680. The summed E-state index contributed by atoms with van der Waals surface area (Å²) < 4.78 is 1.26. The fraction of sp³-hybridized carbons (Fsp3) is 0.600. The Morgan fingerprint density at radius 1 is 1.50 bits per heavy atom. The second-order valence-electron chi connectivity index (χ2n) is 3.56. The summed E-state index contributed by atoms with van der Waals surface area (Å²) in [6.07, 6.45) is 2.69. The summed E-state index contributed by atoms with van der Waals surface area (Å²) in [6, 6.07) is -0.0813.